The molecule has 0 fully saturated rings. The summed E-state index contributed by atoms with van der Waals surface area (Å²) in [6, 6.07) is 4.77. The number of carbonyl (C=O) groups is 1. The zero-order valence-electron chi connectivity index (χ0n) is 10.6. The van der Waals surface area contributed by atoms with Crippen LogP contribution < -0.4 is 11.1 Å². The van der Waals surface area contributed by atoms with E-state index in [9.17, 15) is 9.90 Å². The first-order valence-corrected chi connectivity index (χ1v) is 6.23. The number of hydrogen-bond acceptors (Lipinski definition) is 3. The predicted octanol–water partition coefficient (Wildman–Crippen LogP) is 1.89. The van der Waals surface area contributed by atoms with Crippen LogP contribution in [-0.2, 0) is 0 Å². The van der Waals surface area contributed by atoms with Crippen molar-refractivity contribution in [3.05, 3.63) is 29.3 Å². The summed E-state index contributed by atoms with van der Waals surface area (Å²) in [6.07, 6.45) is 1.23. The normalized spacial score (nSPS) is 11.9. The number of carbonyl (C=O) groups excluding carboxylic acids is 1. The van der Waals surface area contributed by atoms with Gasteiger partial charge in [-0.1, -0.05) is 25.2 Å². The Morgan fingerprint density at radius 1 is 1.56 bits per heavy atom. The first kappa shape index (κ1) is 14.4. The van der Waals surface area contributed by atoms with Gasteiger partial charge in [-0.3, -0.25) is 4.79 Å². The lowest BCUT2D eigenvalue weighted by molar-refractivity contribution is 0.0937. The van der Waals surface area contributed by atoms with Gasteiger partial charge in [-0.05, 0) is 31.0 Å². The van der Waals surface area contributed by atoms with Gasteiger partial charge in [0.25, 0.3) is 5.91 Å². The maximum Gasteiger partial charge on any atom is 0.251 e. The molecule has 98 valence electrons. The van der Waals surface area contributed by atoms with E-state index in [2.05, 4.69) is 5.32 Å². The van der Waals surface area contributed by atoms with E-state index in [0.717, 1.165) is 12.0 Å². The summed E-state index contributed by atoms with van der Waals surface area (Å²) in [7, 11) is 0. The number of hydrogen-bond donors (Lipinski definition) is 3. The Morgan fingerprint density at radius 3 is 2.72 bits per heavy atom. The molecule has 0 aromatic heterocycles. The summed E-state index contributed by atoms with van der Waals surface area (Å²) in [5.74, 6) is -0.113. The molecule has 4 N–H and O–H groups in total. The van der Waals surface area contributed by atoms with E-state index in [1.165, 1.54) is 6.07 Å². The summed E-state index contributed by atoms with van der Waals surface area (Å²) in [6.45, 7) is 3.73. The molecular formula is C13H18N2O2S. The number of nitrogens with one attached hydrogen (secondary N) is 1. The lowest BCUT2D eigenvalue weighted by Gasteiger charge is -2.16. The third-order valence-corrected chi connectivity index (χ3v) is 2.91. The fraction of sp³-hybridized carbons (Fsp3) is 0.385. The van der Waals surface area contributed by atoms with Gasteiger partial charge < -0.3 is 16.2 Å². The van der Waals surface area contributed by atoms with Crippen LogP contribution >= 0.6 is 12.2 Å². The van der Waals surface area contributed by atoms with Gasteiger partial charge in [-0.25, -0.2) is 0 Å². The minimum absolute atomic E-state index is 0.0709. The highest BCUT2D eigenvalue weighted by Crippen LogP contribution is 2.17. The molecule has 4 nitrogen and oxygen atoms in total. The van der Waals surface area contributed by atoms with Crippen LogP contribution in [0.25, 0.3) is 0 Å². The van der Waals surface area contributed by atoms with Crippen molar-refractivity contribution in [2.45, 2.75) is 32.7 Å². The number of aromatic hydroxyl groups is 1. The fourth-order valence-electron chi connectivity index (χ4n) is 1.56. The van der Waals surface area contributed by atoms with Crippen LogP contribution in [-0.4, -0.2) is 22.0 Å². The van der Waals surface area contributed by atoms with Crippen molar-refractivity contribution in [2.75, 3.05) is 0 Å². The van der Waals surface area contributed by atoms with E-state index in [-0.39, 0.29) is 17.7 Å². The Bertz CT molecular complexity index is 460. The van der Waals surface area contributed by atoms with Crippen molar-refractivity contribution >= 4 is 23.1 Å². The lowest BCUT2D eigenvalue weighted by Crippen LogP contribution is -2.37. The maximum absolute atomic E-state index is 12.0. The summed E-state index contributed by atoms with van der Waals surface area (Å²) >= 11 is 4.83. The van der Waals surface area contributed by atoms with Gasteiger partial charge in [0, 0.05) is 18.0 Å². The summed E-state index contributed by atoms with van der Waals surface area (Å²) in [5, 5.41) is 12.4. The van der Waals surface area contributed by atoms with E-state index in [1.807, 2.05) is 6.92 Å². The Hall–Kier alpha value is -1.62. The number of thiocarbonyl (C=S) groups is 1. The standard InChI is InChI=1S/C13H18N2O2S/c1-3-10(7-12(14)18)15-13(17)9-5-4-8(2)11(16)6-9/h4-6,10,16H,3,7H2,1-2H3,(H2,14,18)(H,15,17). The largest absolute Gasteiger partial charge is 0.508 e. The number of phenolic OH excluding ortho intramolecular Hbond substituents is 1. The number of benzene rings is 1. The molecule has 1 atom stereocenters. The fourth-order valence-corrected chi connectivity index (χ4v) is 1.76. The highest BCUT2D eigenvalue weighted by Gasteiger charge is 2.13. The second kappa shape index (κ2) is 6.35. The molecule has 0 saturated heterocycles. The number of rotatable bonds is 5. The number of aryl methyl sites for hydroxylation is 1. The predicted molar refractivity (Wildman–Crippen MR) is 75.8 cm³/mol. The molecule has 0 aliphatic rings. The summed E-state index contributed by atoms with van der Waals surface area (Å²) in [4.78, 5) is 12.3. The Labute approximate surface area is 112 Å². The smallest absolute Gasteiger partial charge is 0.251 e. The van der Waals surface area contributed by atoms with E-state index in [4.69, 9.17) is 18.0 Å². The molecule has 5 heteroatoms. The van der Waals surface area contributed by atoms with Crippen molar-refractivity contribution in [1.82, 2.24) is 5.32 Å². The van der Waals surface area contributed by atoms with Gasteiger partial charge in [0.1, 0.15) is 5.75 Å². The molecule has 0 spiro atoms. The van der Waals surface area contributed by atoms with E-state index in [0.29, 0.717) is 17.0 Å². The zero-order chi connectivity index (χ0) is 13.7. The number of phenols is 1. The topological polar surface area (TPSA) is 75.3 Å². The minimum atomic E-state index is -0.228. The Balaban J connectivity index is 2.74. The maximum atomic E-state index is 12.0. The molecular weight excluding hydrogens is 248 g/mol. The monoisotopic (exact) mass is 266 g/mol. The van der Waals surface area contributed by atoms with Gasteiger partial charge in [0.15, 0.2) is 0 Å². The van der Waals surface area contributed by atoms with Gasteiger partial charge in [-0.15, -0.1) is 0 Å². The molecule has 0 radical (unpaired) electrons. The zero-order valence-corrected chi connectivity index (χ0v) is 11.4. The molecule has 0 heterocycles. The van der Waals surface area contributed by atoms with Gasteiger partial charge in [-0.2, -0.15) is 0 Å². The lowest BCUT2D eigenvalue weighted by atomic mass is 10.1. The SMILES string of the molecule is CCC(CC(N)=S)NC(=O)c1ccc(C)c(O)c1. The van der Waals surface area contributed by atoms with Crippen molar-refractivity contribution in [1.29, 1.82) is 0 Å². The molecule has 1 aromatic rings. The second-order valence-corrected chi connectivity index (χ2v) is 4.77. The molecule has 18 heavy (non-hydrogen) atoms. The van der Waals surface area contributed by atoms with Crippen LogP contribution in [0.5, 0.6) is 5.75 Å². The summed E-state index contributed by atoms with van der Waals surface area (Å²) in [5.41, 5.74) is 6.64. The van der Waals surface area contributed by atoms with Gasteiger partial charge in [0.2, 0.25) is 0 Å². The van der Waals surface area contributed by atoms with Crippen molar-refractivity contribution < 1.29 is 9.90 Å². The van der Waals surface area contributed by atoms with Crippen molar-refractivity contribution in [3.8, 4) is 5.75 Å². The van der Waals surface area contributed by atoms with Crippen molar-refractivity contribution in [3.63, 3.8) is 0 Å². The first-order valence-electron chi connectivity index (χ1n) is 5.82. The minimum Gasteiger partial charge on any atom is -0.508 e. The van der Waals surface area contributed by atoms with Crippen LogP contribution in [0.2, 0.25) is 0 Å². The van der Waals surface area contributed by atoms with Crippen LogP contribution in [0.3, 0.4) is 0 Å². The molecule has 1 rings (SSSR count). The molecule has 1 unspecified atom stereocenters. The van der Waals surface area contributed by atoms with Crippen molar-refractivity contribution in [2.24, 2.45) is 5.73 Å². The molecule has 0 aliphatic heterocycles. The average Bonchev–Trinajstić information content (AvgIpc) is 2.31. The molecule has 0 saturated carbocycles. The second-order valence-electron chi connectivity index (χ2n) is 4.25. The third-order valence-electron chi connectivity index (χ3n) is 2.75. The van der Waals surface area contributed by atoms with Gasteiger partial charge in [0.05, 0.1) is 4.99 Å². The molecule has 1 amide bonds. The number of nitrogens with two attached hydrogens (primary N) is 1. The Kier molecular flexibility index (Phi) is 5.09. The highest BCUT2D eigenvalue weighted by molar-refractivity contribution is 7.80. The van der Waals surface area contributed by atoms with Crippen LogP contribution in [0.15, 0.2) is 18.2 Å². The Morgan fingerprint density at radius 2 is 2.22 bits per heavy atom. The van der Waals surface area contributed by atoms with Crippen LogP contribution in [0.4, 0.5) is 0 Å². The molecule has 1 aromatic carbocycles. The number of amides is 1. The quantitative estimate of drug-likeness (QED) is 0.711. The third kappa shape index (κ3) is 4.00. The highest BCUT2D eigenvalue weighted by atomic mass is 32.1. The van der Waals surface area contributed by atoms with Crippen LogP contribution in [0, 0.1) is 6.92 Å². The molecule has 0 bridgehead atoms. The molecule has 0 aliphatic carbocycles. The average molecular weight is 266 g/mol. The van der Waals surface area contributed by atoms with Crippen LogP contribution in [0.1, 0.15) is 35.7 Å². The van der Waals surface area contributed by atoms with E-state index in [1.54, 1.807) is 19.1 Å². The summed E-state index contributed by atoms with van der Waals surface area (Å²) < 4.78 is 0. The van der Waals surface area contributed by atoms with E-state index >= 15 is 0 Å². The van der Waals surface area contributed by atoms with E-state index < -0.39 is 0 Å². The van der Waals surface area contributed by atoms with Gasteiger partial charge >= 0.3 is 0 Å². The first-order chi connectivity index (χ1) is 8.43.